The second-order valence-corrected chi connectivity index (χ2v) is 6.73. The Morgan fingerprint density at radius 3 is 2.81 bits per heavy atom. The van der Waals surface area contributed by atoms with Crippen molar-refractivity contribution in [2.45, 2.75) is 18.6 Å². The molecule has 1 aliphatic heterocycles. The molecule has 0 spiro atoms. The minimum atomic E-state index is -0.851. The number of β-amino-alcohol motifs (C(OH)–C–C–N with tert-alkyl or cyclic N) is 1. The quantitative estimate of drug-likeness (QED) is 0.654. The minimum absolute atomic E-state index is 0.259. The van der Waals surface area contributed by atoms with Crippen LogP contribution in [-0.4, -0.2) is 62.6 Å². The number of anilines is 1. The molecule has 8 nitrogen and oxygen atoms in total. The van der Waals surface area contributed by atoms with Gasteiger partial charge in [0.05, 0.1) is 42.6 Å². The lowest BCUT2D eigenvalue weighted by Gasteiger charge is -2.35. The van der Waals surface area contributed by atoms with E-state index in [2.05, 4.69) is 15.0 Å². The zero-order valence-corrected chi connectivity index (χ0v) is 15.3. The van der Waals surface area contributed by atoms with E-state index >= 15 is 0 Å². The smallest absolute Gasteiger partial charge is 0.162 e. The van der Waals surface area contributed by atoms with Crippen LogP contribution < -0.4 is 9.64 Å². The second kappa shape index (κ2) is 7.22. The van der Waals surface area contributed by atoms with Gasteiger partial charge in [-0.25, -0.2) is 15.0 Å². The highest BCUT2D eigenvalue weighted by Gasteiger charge is 2.29. The predicted octanol–water partition coefficient (Wildman–Crippen LogP) is 1.68. The van der Waals surface area contributed by atoms with Crippen LogP contribution in [0.4, 0.5) is 5.82 Å². The molecule has 3 aromatic heterocycles. The molecule has 9 heteroatoms. The summed E-state index contributed by atoms with van der Waals surface area (Å²) in [5.74, 6) is 1.63. The van der Waals surface area contributed by atoms with Crippen molar-refractivity contribution in [3.8, 4) is 17.1 Å². The van der Waals surface area contributed by atoms with Crippen LogP contribution >= 0.6 is 11.6 Å². The first-order chi connectivity index (χ1) is 13.1. The number of aliphatic hydroxyl groups is 2. The topological polar surface area (TPSA) is 104 Å². The molecule has 2 unspecified atom stereocenters. The third-order valence-corrected chi connectivity index (χ3v) is 4.81. The number of hydrogen-bond donors (Lipinski definition) is 2. The second-order valence-electron chi connectivity index (χ2n) is 6.34. The van der Waals surface area contributed by atoms with Gasteiger partial charge in [0.2, 0.25) is 0 Å². The van der Waals surface area contributed by atoms with E-state index in [-0.39, 0.29) is 6.54 Å². The molecule has 2 atom stereocenters. The average molecular weight is 388 g/mol. The number of piperidine rings is 1. The van der Waals surface area contributed by atoms with Gasteiger partial charge < -0.3 is 19.8 Å². The van der Waals surface area contributed by atoms with Gasteiger partial charge in [-0.3, -0.25) is 4.98 Å². The van der Waals surface area contributed by atoms with Crippen molar-refractivity contribution in [3.05, 3.63) is 35.9 Å². The minimum Gasteiger partial charge on any atom is -0.494 e. The Labute approximate surface area is 160 Å². The highest BCUT2D eigenvalue weighted by Crippen LogP contribution is 2.35. The van der Waals surface area contributed by atoms with E-state index in [1.54, 1.807) is 37.8 Å². The number of rotatable bonds is 3. The number of aliphatic hydroxyl groups excluding tert-OH is 2. The summed E-state index contributed by atoms with van der Waals surface area (Å²) >= 11 is 6.01. The van der Waals surface area contributed by atoms with Gasteiger partial charge >= 0.3 is 0 Å². The van der Waals surface area contributed by atoms with Gasteiger partial charge in [-0.2, -0.15) is 0 Å². The van der Waals surface area contributed by atoms with Crippen LogP contribution in [0.25, 0.3) is 22.3 Å². The van der Waals surface area contributed by atoms with Crippen LogP contribution in [-0.2, 0) is 0 Å². The van der Waals surface area contributed by atoms with Crippen molar-refractivity contribution < 1.29 is 14.9 Å². The van der Waals surface area contributed by atoms with Crippen molar-refractivity contribution in [1.29, 1.82) is 0 Å². The Morgan fingerprint density at radius 2 is 2.07 bits per heavy atom. The lowest BCUT2D eigenvalue weighted by Crippen LogP contribution is -2.47. The maximum atomic E-state index is 10.1. The molecule has 0 aromatic carbocycles. The summed E-state index contributed by atoms with van der Waals surface area (Å²) < 4.78 is 5.46. The summed E-state index contributed by atoms with van der Waals surface area (Å²) in [6.45, 7) is 0.807. The first-order valence-electron chi connectivity index (χ1n) is 8.49. The fraction of sp³-hybridized carbons (Fsp3) is 0.333. The molecule has 4 rings (SSSR count). The number of ether oxygens (including phenoxy) is 1. The van der Waals surface area contributed by atoms with Gasteiger partial charge in [-0.05, 0) is 18.6 Å². The molecule has 4 heterocycles. The van der Waals surface area contributed by atoms with Gasteiger partial charge in [0.1, 0.15) is 16.7 Å². The molecule has 2 N–H and O–H groups in total. The SMILES string of the molecule is COc1cncc2nc(-c3ccnc(Cl)c3)nc(N3CCC(O)C(O)C3)c12. The first-order valence-corrected chi connectivity index (χ1v) is 8.87. The normalized spacial score (nSPS) is 20.1. The maximum absolute atomic E-state index is 10.1. The number of halogens is 1. The Balaban J connectivity index is 1.91. The van der Waals surface area contributed by atoms with E-state index in [9.17, 15) is 10.2 Å². The van der Waals surface area contributed by atoms with Crippen LogP contribution in [0.5, 0.6) is 5.75 Å². The van der Waals surface area contributed by atoms with Gasteiger partial charge in [0.15, 0.2) is 5.82 Å². The summed E-state index contributed by atoms with van der Waals surface area (Å²) in [7, 11) is 1.56. The number of aromatic nitrogens is 4. The molecule has 0 amide bonds. The molecule has 0 aliphatic carbocycles. The van der Waals surface area contributed by atoms with Crippen LogP contribution in [0.3, 0.4) is 0 Å². The number of hydrogen-bond acceptors (Lipinski definition) is 8. The predicted molar refractivity (Wildman–Crippen MR) is 101 cm³/mol. The standard InChI is InChI=1S/C18H18ClN5O3/c1-27-14-8-20-7-11-16(14)18(24-5-3-12(25)13(26)9-24)23-17(22-11)10-2-4-21-15(19)6-10/h2,4,6-8,12-13,25-26H,3,5,9H2,1H3. The zero-order valence-electron chi connectivity index (χ0n) is 14.6. The van der Waals surface area contributed by atoms with Crippen LogP contribution in [0, 0.1) is 0 Å². The third-order valence-electron chi connectivity index (χ3n) is 4.60. The van der Waals surface area contributed by atoms with Crippen molar-refractivity contribution >= 4 is 28.3 Å². The van der Waals surface area contributed by atoms with Gasteiger partial charge in [0, 0.05) is 24.8 Å². The largest absolute Gasteiger partial charge is 0.494 e. The van der Waals surface area contributed by atoms with Crippen LogP contribution in [0.15, 0.2) is 30.7 Å². The maximum Gasteiger partial charge on any atom is 0.162 e. The highest BCUT2D eigenvalue weighted by atomic mass is 35.5. The summed E-state index contributed by atoms with van der Waals surface area (Å²) in [6.07, 6.45) is 3.69. The molecule has 140 valence electrons. The number of pyridine rings is 2. The van der Waals surface area contributed by atoms with E-state index in [0.717, 1.165) is 5.56 Å². The number of methoxy groups -OCH3 is 1. The molecule has 0 saturated carbocycles. The van der Waals surface area contributed by atoms with Gasteiger partial charge in [-0.15, -0.1) is 0 Å². The molecule has 3 aromatic rings. The molecule has 0 bridgehead atoms. The molecular formula is C18H18ClN5O3. The summed E-state index contributed by atoms with van der Waals surface area (Å²) in [4.78, 5) is 19.4. The molecule has 1 aliphatic rings. The summed E-state index contributed by atoms with van der Waals surface area (Å²) in [6, 6.07) is 3.47. The monoisotopic (exact) mass is 387 g/mol. The number of fused-ring (bicyclic) bond motifs is 1. The Kier molecular flexibility index (Phi) is 4.77. The zero-order chi connectivity index (χ0) is 19.0. The Bertz CT molecular complexity index is 986. The third kappa shape index (κ3) is 3.39. The van der Waals surface area contributed by atoms with E-state index < -0.39 is 12.2 Å². The van der Waals surface area contributed by atoms with Crippen LogP contribution in [0.1, 0.15) is 6.42 Å². The fourth-order valence-corrected chi connectivity index (χ4v) is 3.38. The fourth-order valence-electron chi connectivity index (χ4n) is 3.20. The van der Waals surface area contributed by atoms with Crippen molar-refractivity contribution in [1.82, 2.24) is 19.9 Å². The van der Waals surface area contributed by atoms with E-state index in [1.807, 2.05) is 4.90 Å². The number of nitrogens with zero attached hydrogens (tertiary/aromatic N) is 5. The van der Waals surface area contributed by atoms with E-state index in [0.29, 0.717) is 46.4 Å². The molecular weight excluding hydrogens is 370 g/mol. The van der Waals surface area contributed by atoms with Crippen molar-refractivity contribution in [2.75, 3.05) is 25.1 Å². The molecule has 27 heavy (non-hydrogen) atoms. The Morgan fingerprint density at radius 1 is 1.22 bits per heavy atom. The summed E-state index contributed by atoms with van der Waals surface area (Å²) in [5, 5.41) is 21.0. The molecule has 1 fully saturated rings. The van der Waals surface area contributed by atoms with Crippen molar-refractivity contribution in [2.24, 2.45) is 0 Å². The first kappa shape index (κ1) is 17.8. The Hall–Kier alpha value is -2.55. The summed E-state index contributed by atoms with van der Waals surface area (Å²) in [5.41, 5.74) is 1.33. The van der Waals surface area contributed by atoms with E-state index in [1.165, 1.54) is 0 Å². The molecule has 0 radical (unpaired) electrons. The van der Waals surface area contributed by atoms with Gasteiger partial charge in [-0.1, -0.05) is 11.6 Å². The van der Waals surface area contributed by atoms with Crippen LogP contribution in [0.2, 0.25) is 5.15 Å². The molecule has 1 saturated heterocycles. The lowest BCUT2D eigenvalue weighted by molar-refractivity contribution is 0.00792. The van der Waals surface area contributed by atoms with Gasteiger partial charge in [0.25, 0.3) is 0 Å². The lowest BCUT2D eigenvalue weighted by atomic mass is 10.0. The highest BCUT2D eigenvalue weighted by molar-refractivity contribution is 6.29. The van der Waals surface area contributed by atoms with Crippen molar-refractivity contribution in [3.63, 3.8) is 0 Å². The average Bonchev–Trinajstić information content (AvgIpc) is 2.68. The van der Waals surface area contributed by atoms with E-state index in [4.69, 9.17) is 21.3 Å².